The minimum absolute atomic E-state index is 0.0313. The van der Waals surface area contributed by atoms with Gasteiger partial charge in [-0.25, -0.2) is 14.8 Å². The lowest BCUT2D eigenvalue weighted by Gasteiger charge is -2.17. The fraction of sp³-hybridized carbons (Fsp3) is 0.583. The lowest BCUT2D eigenvalue weighted by atomic mass is 10.1. The molecule has 1 aliphatic rings. The van der Waals surface area contributed by atoms with Crippen molar-refractivity contribution in [2.45, 2.75) is 38.6 Å². The molecule has 5 heteroatoms. The third kappa shape index (κ3) is 3.41. The van der Waals surface area contributed by atoms with Gasteiger partial charge in [0.2, 0.25) is 0 Å². The topological polar surface area (TPSA) is 75.1 Å². The first-order chi connectivity index (χ1) is 8.19. The number of hydrogen-bond donors (Lipinski definition) is 2. The second-order valence-electron chi connectivity index (χ2n) is 4.52. The van der Waals surface area contributed by atoms with Gasteiger partial charge in [-0.2, -0.15) is 0 Å². The highest BCUT2D eigenvalue weighted by Gasteiger charge is 2.24. The van der Waals surface area contributed by atoms with E-state index in [1.54, 1.807) is 0 Å². The first-order valence-electron chi connectivity index (χ1n) is 6.01. The quantitative estimate of drug-likeness (QED) is 0.790. The largest absolute Gasteiger partial charge is 0.477 e. The molecule has 1 saturated carbocycles. The second-order valence-corrected chi connectivity index (χ2v) is 4.52. The second kappa shape index (κ2) is 5.12. The maximum Gasteiger partial charge on any atom is 0.354 e. The molecule has 1 aromatic heterocycles. The molecule has 0 aliphatic heterocycles. The number of carbonyl (C=O) groups is 1. The molecule has 1 unspecified atom stereocenters. The monoisotopic (exact) mass is 235 g/mol. The first kappa shape index (κ1) is 11.8. The van der Waals surface area contributed by atoms with Crippen LogP contribution in [-0.2, 0) is 0 Å². The predicted octanol–water partition coefficient (Wildman–Crippen LogP) is 2.17. The maximum atomic E-state index is 10.8. The van der Waals surface area contributed by atoms with E-state index in [0.717, 1.165) is 18.8 Å². The lowest BCUT2D eigenvalue weighted by Crippen LogP contribution is -2.20. The molecule has 0 spiro atoms. The summed E-state index contributed by atoms with van der Waals surface area (Å²) in [5.74, 6) is 0.420. The van der Waals surface area contributed by atoms with Crippen LogP contribution in [0.15, 0.2) is 12.4 Å². The van der Waals surface area contributed by atoms with Gasteiger partial charge < -0.3 is 10.4 Å². The summed E-state index contributed by atoms with van der Waals surface area (Å²) in [6, 6.07) is 1.86. The van der Waals surface area contributed by atoms with Gasteiger partial charge in [0.25, 0.3) is 0 Å². The van der Waals surface area contributed by atoms with Gasteiger partial charge in [0.15, 0.2) is 5.69 Å². The van der Waals surface area contributed by atoms with Gasteiger partial charge >= 0.3 is 5.97 Å². The molecule has 0 bridgehead atoms. The number of anilines is 1. The molecule has 0 amide bonds. The van der Waals surface area contributed by atoms with Crippen LogP contribution in [0.1, 0.15) is 43.1 Å². The number of nitrogens with one attached hydrogen (secondary N) is 1. The molecule has 1 fully saturated rings. The SMILES string of the molecule is CCC(CC1CC1)Nc1cc(C(=O)O)ncn1. The van der Waals surface area contributed by atoms with Crippen molar-refractivity contribution in [1.82, 2.24) is 9.97 Å². The van der Waals surface area contributed by atoms with Gasteiger partial charge in [0, 0.05) is 12.1 Å². The van der Waals surface area contributed by atoms with Crippen molar-refractivity contribution in [2.24, 2.45) is 5.92 Å². The summed E-state index contributed by atoms with van der Waals surface area (Å²) in [6.45, 7) is 2.12. The zero-order valence-electron chi connectivity index (χ0n) is 9.89. The molecule has 92 valence electrons. The molecule has 2 rings (SSSR count). The third-order valence-electron chi connectivity index (χ3n) is 3.05. The molecule has 17 heavy (non-hydrogen) atoms. The molecule has 1 aromatic rings. The zero-order chi connectivity index (χ0) is 12.3. The van der Waals surface area contributed by atoms with Crippen molar-refractivity contribution in [3.05, 3.63) is 18.1 Å². The van der Waals surface area contributed by atoms with Gasteiger partial charge in [-0.15, -0.1) is 0 Å². The summed E-state index contributed by atoms with van der Waals surface area (Å²) in [5, 5.41) is 12.1. The van der Waals surface area contributed by atoms with E-state index in [1.807, 2.05) is 0 Å². The zero-order valence-corrected chi connectivity index (χ0v) is 9.89. The van der Waals surface area contributed by atoms with Crippen LogP contribution in [0, 0.1) is 5.92 Å². The molecular weight excluding hydrogens is 218 g/mol. The summed E-state index contributed by atoms with van der Waals surface area (Å²) >= 11 is 0. The lowest BCUT2D eigenvalue weighted by molar-refractivity contribution is 0.0690. The van der Waals surface area contributed by atoms with Gasteiger partial charge in [0.1, 0.15) is 12.1 Å². The van der Waals surface area contributed by atoms with Crippen LogP contribution in [0.25, 0.3) is 0 Å². The highest BCUT2D eigenvalue weighted by atomic mass is 16.4. The van der Waals surface area contributed by atoms with Crippen LogP contribution in [-0.4, -0.2) is 27.1 Å². The molecule has 2 N–H and O–H groups in total. The Bertz CT molecular complexity index is 404. The minimum atomic E-state index is -1.02. The molecule has 5 nitrogen and oxygen atoms in total. The van der Waals surface area contributed by atoms with E-state index >= 15 is 0 Å². The van der Waals surface area contributed by atoms with Gasteiger partial charge in [-0.1, -0.05) is 19.8 Å². The number of carboxylic acids is 1. The van der Waals surface area contributed by atoms with Crippen LogP contribution < -0.4 is 5.32 Å². The molecular formula is C12H17N3O2. The van der Waals surface area contributed by atoms with E-state index in [0.29, 0.717) is 11.9 Å². The van der Waals surface area contributed by atoms with Crippen LogP contribution in [0.3, 0.4) is 0 Å². The van der Waals surface area contributed by atoms with Crippen molar-refractivity contribution in [1.29, 1.82) is 0 Å². The summed E-state index contributed by atoms with van der Waals surface area (Å²) in [6.07, 6.45) is 6.09. The Morgan fingerprint density at radius 3 is 2.94 bits per heavy atom. The van der Waals surface area contributed by atoms with Crippen LogP contribution in [0.2, 0.25) is 0 Å². The van der Waals surface area contributed by atoms with Crippen molar-refractivity contribution < 1.29 is 9.90 Å². The smallest absolute Gasteiger partial charge is 0.354 e. The molecule has 0 radical (unpaired) electrons. The Morgan fingerprint density at radius 2 is 2.35 bits per heavy atom. The van der Waals surface area contributed by atoms with Crippen LogP contribution in [0.5, 0.6) is 0 Å². The Morgan fingerprint density at radius 1 is 1.59 bits per heavy atom. The molecule has 1 atom stereocenters. The van der Waals surface area contributed by atoms with Crippen LogP contribution >= 0.6 is 0 Å². The highest BCUT2D eigenvalue weighted by molar-refractivity contribution is 5.85. The van der Waals surface area contributed by atoms with Gasteiger partial charge in [-0.05, 0) is 18.8 Å². The van der Waals surface area contributed by atoms with Gasteiger partial charge in [0.05, 0.1) is 0 Å². The van der Waals surface area contributed by atoms with E-state index < -0.39 is 5.97 Å². The Labute approximate surface area is 100 Å². The number of hydrogen-bond acceptors (Lipinski definition) is 4. The molecule has 0 saturated heterocycles. The third-order valence-corrected chi connectivity index (χ3v) is 3.05. The molecule has 0 aromatic carbocycles. The highest BCUT2D eigenvalue weighted by Crippen LogP contribution is 2.34. The minimum Gasteiger partial charge on any atom is -0.477 e. The van der Waals surface area contributed by atoms with Crippen molar-refractivity contribution in [2.75, 3.05) is 5.32 Å². The molecule has 1 heterocycles. The van der Waals surface area contributed by atoms with E-state index in [4.69, 9.17) is 5.11 Å². The van der Waals surface area contributed by atoms with Crippen molar-refractivity contribution >= 4 is 11.8 Å². The maximum absolute atomic E-state index is 10.8. The average Bonchev–Trinajstić information content (AvgIpc) is 3.12. The van der Waals surface area contributed by atoms with E-state index in [9.17, 15) is 4.79 Å². The first-order valence-corrected chi connectivity index (χ1v) is 6.01. The van der Waals surface area contributed by atoms with Crippen LogP contribution in [0.4, 0.5) is 5.82 Å². The standard InChI is InChI=1S/C12H17N3O2/c1-2-9(5-8-3-4-8)15-11-6-10(12(16)17)13-7-14-11/h6-9H,2-5H2,1H3,(H,16,17)(H,13,14,15). The number of aromatic nitrogens is 2. The van der Waals surface area contributed by atoms with E-state index in [2.05, 4.69) is 22.2 Å². The Hall–Kier alpha value is -1.65. The normalized spacial score (nSPS) is 16.5. The number of nitrogens with zero attached hydrogens (tertiary/aromatic N) is 2. The van der Waals surface area contributed by atoms with Crippen molar-refractivity contribution in [3.63, 3.8) is 0 Å². The molecule has 1 aliphatic carbocycles. The predicted molar refractivity (Wildman–Crippen MR) is 64.0 cm³/mol. The summed E-state index contributed by atoms with van der Waals surface area (Å²) in [4.78, 5) is 18.5. The number of carboxylic acid groups (broad SMARTS) is 1. The Balaban J connectivity index is 2.00. The van der Waals surface area contributed by atoms with Gasteiger partial charge in [-0.3, -0.25) is 0 Å². The Kier molecular flexibility index (Phi) is 3.56. The van der Waals surface area contributed by atoms with E-state index in [-0.39, 0.29) is 5.69 Å². The van der Waals surface area contributed by atoms with E-state index in [1.165, 1.54) is 25.2 Å². The number of aromatic carboxylic acids is 1. The number of rotatable bonds is 6. The summed E-state index contributed by atoms with van der Waals surface area (Å²) in [7, 11) is 0. The summed E-state index contributed by atoms with van der Waals surface area (Å²) < 4.78 is 0. The summed E-state index contributed by atoms with van der Waals surface area (Å²) in [5.41, 5.74) is 0.0313. The average molecular weight is 235 g/mol. The van der Waals surface area contributed by atoms with Crippen molar-refractivity contribution in [3.8, 4) is 0 Å². The fourth-order valence-electron chi connectivity index (χ4n) is 1.85. The fourth-order valence-corrected chi connectivity index (χ4v) is 1.85.